The van der Waals surface area contributed by atoms with E-state index in [0.717, 1.165) is 6.26 Å². The summed E-state index contributed by atoms with van der Waals surface area (Å²) in [5.74, 6) is -0.655. The fourth-order valence-electron chi connectivity index (χ4n) is 1.60. The highest BCUT2D eigenvalue weighted by Gasteiger charge is 2.07. The molecule has 0 saturated heterocycles. The van der Waals surface area contributed by atoms with E-state index >= 15 is 0 Å². The summed E-state index contributed by atoms with van der Waals surface area (Å²) in [5, 5.41) is 10.9. The van der Waals surface area contributed by atoms with Crippen molar-refractivity contribution < 1.29 is 27.9 Å². The van der Waals surface area contributed by atoms with Gasteiger partial charge in [0.1, 0.15) is 5.75 Å². The van der Waals surface area contributed by atoms with Gasteiger partial charge in [0.15, 0.2) is 9.84 Å². The molecule has 1 amide bonds. The minimum atomic E-state index is -3.22. The smallest absolute Gasteiger partial charge is 0.305 e. The topological polar surface area (TPSA) is 110 Å². The molecular weight excluding hydrogens is 310 g/mol. The minimum absolute atomic E-state index is 0.102. The number of aliphatic carboxylic acids is 1. The number of carboxylic acids is 1. The van der Waals surface area contributed by atoms with E-state index in [1.54, 1.807) is 12.1 Å². The second-order valence-corrected chi connectivity index (χ2v) is 6.71. The van der Waals surface area contributed by atoms with Crippen molar-refractivity contribution in [2.24, 2.45) is 0 Å². The van der Waals surface area contributed by atoms with E-state index in [0.29, 0.717) is 18.8 Å². The SMILES string of the molecule is CS(=O)(=O)c1ccc(OCCCC(=O)NCCC(=O)O)cc1. The molecule has 0 aliphatic rings. The van der Waals surface area contributed by atoms with Crippen LogP contribution in [0.2, 0.25) is 0 Å². The van der Waals surface area contributed by atoms with Crippen molar-refractivity contribution in [1.82, 2.24) is 5.32 Å². The Morgan fingerprint density at radius 3 is 2.36 bits per heavy atom. The van der Waals surface area contributed by atoms with Crippen LogP contribution in [-0.4, -0.2) is 44.8 Å². The first-order chi connectivity index (χ1) is 10.3. The van der Waals surface area contributed by atoms with Gasteiger partial charge in [-0.3, -0.25) is 9.59 Å². The molecule has 1 rings (SSSR count). The maximum Gasteiger partial charge on any atom is 0.305 e. The number of hydrogen-bond acceptors (Lipinski definition) is 5. The molecule has 0 aliphatic carbocycles. The maximum absolute atomic E-state index is 11.4. The van der Waals surface area contributed by atoms with Gasteiger partial charge in [0.25, 0.3) is 0 Å². The molecule has 8 heteroatoms. The first-order valence-corrected chi connectivity index (χ1v) is 8.59. The number of ether oxygens (including phenoxy) is 1. The summed E-state index contributed by atoms with van der Waals surface area (Å²) in [5.41, 5.74) is 0. The van der Waals surface area contributed by atoms with E-state index in [1.165, 1.54) is 12.1 Å². The highest BCUT2D eigenvalue weighted by molar-refractivity contribution is 7.90. The van der Waals surface area contributed by atoms with E-state index in [2.05, 4.69) is 5.32 Å². The fraction of sp³-hybridized carbons (Fsp3) is 0.429. The van der Waals surface area contributed by atoms with Crippen LogP contribution in [0, 0.1) is 0 Å². The zero-order valence-corrected chi connectivity index (χ0v) is 13.1. The Morgan fingerprint density at radius 2 is 1.82 bits per heavy atom. The third kappa shape index (κ3) is 7.07. The predicted molar refractivity (Wildman–Crippen MR) is 79.5 cm³/mol. The number of carbonyl (C=O) groups excluding carboxylic acids is 1. The third-order valence-corrected chi connectivity index (χ3v) is 3.86. The monoisotopic (exact) mass is 329 g/mol. The molecule has 122 valence electrons. The summed E-state index contributed by atoms with van der Waals surface area (Å²) in [4.78, 5) is 21.9. The van der Waals surface area contributed by atoms with E-state index in [-0.39, 0.29) is 30.2 Å². The lowest BCUT2D eigenvalue weighted by atomic mass is 10.3. The molecule has 0 heterocycles. The van der Waals surface area contributed by atoms with E-state index in [1.807, 2.05) is 0 Å². The van der Waals surface area contributed by atoms with Gasteiger partial charge in [-0.15, -0.1) is 0 Å². The van der Waals surface area contributed by atoms with Crippen LogP contribution in [0.25, 0.3) is 0 Å². The summed E-state index contributed by atoms with van der Waals surface area (Å²) in [6.07, 6.45) is 1.74. The van der Waals surface area contributed by atoms with E-state index in [9.17, 15) is 18.0 Å². The molecular formula is C14H19NO6S. The van der Waals surface area contributed by atoms with Crippen molar-refractivity contribution in [3.8, 4) is 5.75 Å². The van der Waals surface area contributed by atoms with Crippen LogP contribution in [-0.2, 0) is 19.4 Å². The molecule has 0 bridgehead atoms. The Bertz CT molecular complexity index is 609. The number of carboxylic acid groups (broad SMARTS) is 1. The predicted octanol–water partition coefficient (Wildman–Crippen LogP) is 0.840. The van der Waals surface area contributed by atoms with Crippen LogP contribution in [0.1, 0.15) is 19.3 Å². The third-order valence-electron chi connectivity index (χ3n) is 2.73. The van der Waals surface area contributed by atoms with Crippen LogP contribution < -0.4 is 10.1 Å². The summed E-state index contributed by atoms with van der Waals surface area (Å²) >= 11 is 0. The molecule has 0 atom stereocenters. The van der Waals surface area contributed by atoms with Gasteiger partial charge in [-0.2, -0.15) is 0 Å². The van der Waals surface area contributed by atoms with E-state index in [4.69, 9.17) is 9.84 Å². The average molecular weight is 329 g/mol. The van der Waals surface area contributed by atoms with Crippen LogP contribution >= 0.6 is 0 Å². The number of sulfone groups is 1. The Balaban J connectivity index is 2.24. The Labute approximate surface area is 129 Å². The summed E-state index contributed by atoms with van der Waals surface area (Å²) in [6, 6.07) is 6.04. The number of rotatable bonds is 9. The zero-order valence-electron chi connectivity index (χ0n) is 12.2. The van der Waals surface area contributed by atoms with Crippen LogP contribution in [0.5, 0.6) is 5.75 Å². The van der Waals surface area contributed by atoms with Gasteiger partial charge in [-0.1, -0.05) is 0 Å². The molecule has 1 aromatic carbocycles. The highest BCUT2D eigenvalue weighted by Crippen LogP contribution is 2.16. The molecule has 2 N–H and O–H groups in total. The normalized spacial score (nSPS) is 11.0. The van der Waals surface area contributed by atoms with Gasteiger partial charge in [0, 0.05) is 19.2 Å². The van der Waals surface area contributed by atoms with E-state index < -0.39 is 15.8 Å². The average Bonchev–Trinajstić information content (AvgIpc) is 2.43. The summed E-state index contributed by atoms with van der Waals surface area (Å²) < 4.78 is 28.0. The van der Waals surface area contributed by atoms with Gasteiger partial charge in [0.05, 0.1) is 17.9 Å². The van der Waals surface area contributed by atoms with Crippen LogP contribution in [0.15, 0.2) is 29.2 Å². The molecule has 1 aromatic rings. The van der Waals surface area contributed by atoms with Gasteiger partial charge in [-0.25, -0.2) is 8.42 Å². The first-order valence-electron chi connectivity index (χ1n) is 6.70. The second-order valence-electron chi connectivity index (χ2n) is 4.69. The second kappa shape index (κ2) is 8.38. The van der Waals surface area contributed by atoms with Crippen molar-refractivity contribution in [1.29, 1.82) is 0 Å². The van der Waals surface area contributed by atoms with Crippen LogP contribution in [0.4, 0.5) is 0 Å². The molecule has 0 saturated carbocycles. The van der Waals surface area contributed by atoms with Crippen molar-refractivity contribution in [3.05, 3.63) is 24.3 Å². The molecule has 0 radical (unpaired) electrons. The van der Waals surface area contributed by atoms with Crippen molar-refractivity contribution in [3.63, 3.8) is 0 Å². The molecule has 7 nitrogen and oxygen atoms in total. The lowest BCUT2D eigenvalue weighted by Gasteiger charge is -2.07. The number of amides is 1. The maximum atomic E-state index is 11.4. The standard InChI is InChI=1S/C14H19NO6S/c1-22(19,20)12-6-4-11(5-7-12)21-10-2-3-13(16)15-9-8-14(17)18/h4-7H,2-3,8-10H2,1H3,(H,15,16)(H,17,18). The lowest BCUT2D eigenvalue weighted by Crippen LogP contribution is -2.26. The number of nitrogens with one attached hydrogen (secondary N) is 1. The largest absolute Gasteiger partial charge is 0.494 e. The van der Waals surface area contributed by atoms with Gasteiger partial charge in [-0.05, 0) is 30.7 Å². The molecule has 0 unspecified atom stereocenters. The quantitative estimate of drug-likeness (QED) is 0.650. The summed E-state index contributed by atoms with van der Waals surface area (Å²) in [6.45, 7) is 0.423. The Hall–Kier alpha value is -2.09. The number of carbonyl (C=O) groups is 2. The van der Waals surface area contributed by atoms with Gasteiger partial charge in [0.2, 0.25) is 5.91 Å². The van der Waals surface area contributed by atoms with Crippen molar-refractivity contribution in [2.45, 2.75) is 24.2 Å². The molecule has 0 spiro atoms. The highest BCUT2D eigenvalue weighted by atomic mass is 32.2. The number of benzene rings is 1. The molecule has 0 fully saturated rings. The van der Waals surface area contributed by atoms with Crippen LogP contribution in [0.3, 0.4) is 0 Å². The van der Waals surface area contributed by atoms with Gasteiger partial charge < -0.3 is 15.2 Å². The van der Waals surface area contributed by atoms with Crippen molar-refractivity contribution >= 4 is 21.7 Å². The fourth-order valence-corrected chi connectivity index (χ4v) is 2.23. The molecule has 22 heavy (non-hydrogen) atoms. The first kappa shape index (κ1) is 18.0. The molecule has 0 aliphatic heterocycles. The lowest BCUT2D eigenvalue weighted by molar-refractivity contribution is -0.136. The minimum Gasteiger partial charge on any atom is -0.494 e. The Morgan fingerprint density at radius 1 is 1.18 bits per heavy atom. The van der Waals surface area contributed by atoms with Crippen molar-refractivity contribution in [2.75, 3.05) is 19.4 Å². The van der Waals surface area contributed by atoms with Gasteiger partial charge >= 0.3 is 5.97 Å². The zero-order chi connectivity index (χ0) is 16.6. The number of hydrogen-bond donors (Lipinski definition) is 2. The Kier molecular flexibility index (Phi) is 6.84. The summed E-state index contributed by atoms with van der Waals surface area (Å²) in [7, 11) is -3.22. The molecule has 0 aromatic heterocycles.